The molecule has 116 valence electrons. The summed E-state index contributed by atoms with van der Waals surface area (Å²) in [5.41, 5.74) is 0.188. The number of carbonyl (C=O) groups excluding carboxylic acids is 2. The zero-order valence-corrected chi connectivity index (χ0v) is 12.1. The van der Waals surface area contributed by atoms with Crippen molar-refractivity contribution in [3.63, 3.8) is 0 Å². The van der Waals surface area contributed by atoms with Gasteiger partial charge in [-0.15, -0.1) is 0 Å². The van der Waals surface area contributed by atoms with Gasteiger partial charge >= 0.3 is 0 Å². The molecule has 0 aromatic heterocycles. The second-order valence-electron chi connectivity index (χ2n) is 4.79. The molecule has 0 aliphatic rings. The maximum atomic E-state index is 13.0. The standard InChI is InChI=1S/C15H21FN2O3/c1-18(8-3-2-4-9-19)14(20)11-17-15(21)12-6-5-7-13(16)10-12/h5-7,10,19H,2-4,8-9,11H2,1H3,(H,17,21). The molecule has 0 aliphatic heterocycles. The van der Waals surface area contributed by atoms with Crippen molar-refractivity contribution in [2.24, 2.45) is 0 Å². The number of nitrogens with zero attached hydrogens (tertiary/aromatic N) is 1. The quantitative estimate of drug-likeness (QED) is 0.708. The van der Waals surface area contributed by atoms with Crippen LogP contribution in [0.15, 0.2) is 24.3 Å². The van der Waals surface area contributed by atoms with Gasteiger partial charge in [0.1, 0.15) is 5.82 Å². The lowest BCUT2D eigenvalue weighted by molar-refractivity contribution is -0.128. The Kier molecular flexibility index (Phi) is 7.39. The van der Waals surface area contributed by atoms with Crippen LogP contribution in [0.2, 0.25) is 0 Å². The van der Waals surface area contributed by atoms with Gasteiger partial charge in [0.25, 0.3) is 5.91 Å². The van der Waals surface area contributed by atoms with E-state index in [0.29, 0.717) is 6.54 Å². The highest BCUT2D eigenvalue weighted by Crippen LogP contribution is 2.03. The molecule has 0 spiro atoms. The van der Waals surface area contributed by atoms with Gasteiger partial charge in [-0.3, -0.25) is 9.59 Å². The van der Waals surface area contributed by atoms with Crippen molar-refractivity contribution >= 4 is 11.8 Å². The van der Waals surface area contributed by atoms with E-state index in [0.717, 1.165) is 25.3 Å². The van der Waals surface area contributed by atoms with E-state index in [2.05, 4.69) is 5.32 Å². The average Bonchev–Trinajstić information content (AvgIpc) is 2.48. The number of carbonyl (C=O) groups is 2. The van der Waals surface area contributed by atoms with Crippen molar-refractivity contribution in [3.05, 3.63) is 35.6 Å². The summed E-state index contributed by atoms with van der Waals surface area (Å²) in [6, 6.07) is 5.31. The van der Waals surface area contributed by atoms with Gasteiger partial charge in [0.15, 0.2) is 0 Å². The minimum absolute atomic E-state index is 0.119. The lowest BCUT2D eigenvalue weighted by Crippen LogP contribution is -2.38. The van der Waals surface area contributed by atoms with E-state index < -0.39 is 11.7 Å². The van der Waals surface area contributed by atoms with Crippen molar-refractivity contribution < 1.29 is 19.1 Å². The fourth-order valence-corrected chi connectivity index (χ4v) is 1.78. The number of unbranched alkanes of at least 4 members (excludes halogenated alkanes) is 2. The monoisotopic (exact) mass is 296 g/mol. The van der Waals surface area contributed by atoms with Crippen LogP contribution in [0.3, 0.4) is 0 Å². The molecule has 0 atom stereocenters. The van der Waals surface area contributed by atoms with Crippen LogP contribution in [0.5, 0.6) is 0 Å². The summed E-state index contributed by atoms with van der Waals surface area (Å²) < 4.78 is 13.0. The molecule has 5 nitrogen and oxygen atoms in total. The van der Waals surface area contributed by atoms with E-state index in [1.165, 1.54) is 23.1 Å². The Morgan fingerprint density at radius 1 is 1.29 bits per heavy atom. The fourth-order valence-electron chi connectivity index (χ4n) is 1.78. The summed E-state index contributed by atoms with van der Waals surface area (Å²) in [6.07, 6.45) is 2.38. The van der Waals surface area contributed by atoms with Crippen molar-refractivity contribution in [1.82, 2.24) is 10.2 Å². The van der Waals surface area contributed by atoms with E-state index in [1.54, 1.807) is 7.05 Å². The molecule has 0 fully saturated rings. The summed E-state index contributed by atoms with van der Waals surface area (Å²) in [7, 11) is 1.66. The third-order valence-corrected chi connectivity index (χ3v) is 3.06. The van der Waals surface area contributed by atoms with Crippen LogP contribution in [0.1, 0.15) is 29.6 Å². The maximum absolute atomic E-state index is 13.0. The van der Waals surface area contributed by atoms with Crippen molar-refractivity contribution in [3.8, 4) is 0 Å². The first kappa shape index (κ1) is 17.1. The van der Waals surface area contributed by atoms with Gasteiger partial charge in [-0.25, -0.2) is 4.39 Å². The molecule has 0 unspecified atom stereocenters. The number of hydrogen-bond acceptors (Lipinski definition) is 3. The third-order valence-electron chi connectivity index (χ3n) is 3.06. The van der Waals surface area contributed by atoms with Gasteiger partial charge in [-0.2, -0.15) is 0 Å². The van der Waals surface area contributed by atoms with Crippen LogP contribution >= 0.6 is 0 Å². The molecule has 0 radical (unpaired) electrons. The summed E-state index contributed by atoms with van der Waals surface area (Å²) in [5, 5.41) is 11.1. The number of likely N-dealkylation sites (N-methyl/N-ethyl adjacent to an activating group) is 1. The Hall–Kier alpha value is -1.95. The second-order valence-corrected chi connectivity index (χ2v) is 4.79. The van der Waals surface area contributed by atoms with Gasteiger partial charge in [0, 0.05) is 25.8 Å². The summed E-state index contributed by atoms with van der Waals surface area (Å²) in [4.78, 5) is 25.1. The SMILES string of the molecule is CN(CCCCCO)C(=O)CNC(=O)c1cccc(F)c1. The van der Waals surface area contributed by atoms with Crippen LogP contribution in [0.25, 0.3) is 0 Å². The minimum Gasteiger partial charge on any atom is -0.396 e. The predicted molar refractivity (Wildman–Crippen MR) is 77.3 cm³/mol. The molecule has 0 heterocycles. The van der Waals surface area contributed by atoms with E-state index in [4.69, 9.17) is 5.11 Å². The van der Waals surface area contributed by atoms with Crippen molar-refractivity contribution in [2.75, 3.05) is 26.7 Å². The number of hydrogen-bond donors (Lipinski definition) is 2. The molecule has 1 aromatic rings. The molecule has 6 heteroatoms. The first-order valence-electron chi connectivity index (χ1n) is 6.93. The Labute approximate surface area is 123 Å². The Morgan fingerprint density at radius 2 is 2.05 bits per heavy atom. The zero-order valence-electron chi connectivity index (χ0n) is 12.1. The van der Waals surface area contributed by atoms with Crippen molar-refractivity contribution in [1.29, 1.82) is 0 Å². The number of rotatable bonds is 8. The number of halogens is 1. The minimum atomic E-state index is -0.491. The molecule has 2 N–H and O–H groups in total. The van der Waals surface area contributed by atoms with Gasteiger partial charge in [0.2, 0.25) is 5.91 Å². The molecule has 2 amide bonds. The highest BCUT2D eigenvalue weighted by Gasteiger charge is 2.11. The van der Waals surface area contributed by atoms with Crippen LogP contribution in [0, 0.1) is 5.82 Å². The number of aliphatic hydroxyl groups excluding tert-OH is 1. The average molecular weight is 296 g/mol. The lowest BCUT2D eigenvalue weighted by atomic mass is 10.2. The number of benzene rings is 1. The van der Waals surface area contributed by atoms with Crippen LogP contribution in [-0.2, 0) is 4.79 Å². The van der Waals surface area contributed by atoms with E-state index in [-0.39, 0.29) is 24.6 Å². The molecule has 0 aliphatic carbocycles. The highest BCUT2D eigenvalue weighted by atomic mass is 19.1. The van der Waals surface area contributed by atoms with Crippen LogP contribution in [-0.4, -0.2) is 48.6 Å². The summed E-state index contributed by atoms with van der Waals surface area (Å²) in [5.74, 6) is -1.17. The molecular weight excluding hydrogens is 275 g/mol. The van der Waals surface area contributed by atoms with Crippen LogP contribution in [0.4, 0.5) is 4.39 Å². The normalized spacial score (nSPS) is 10.2. The molecule has 0 saturated carbocycles. The molecule has 1 aromatic carbocycles. The van der Waals surface area contributed by atoms with Crippen molar-refractivity contribution in [2.45, 2.75) is 19.3 Å². The molecular formula is C15H21FN2O3. The number of amides is 2. The third kappa shape index (κ3) is 6.35. The topological polar surface area (TPSA) is 69.6 Å². The van der Waals surface area contributed by atoms with E-state index in [1.807, 2.05) is 0 Å². The van der Waals surface area contributed by atoms with Gasteiger partial charge in [-0.05, 0) is 37.5 Å². The Balaban J connectivity index is 2.33. The first-order valence-corrected chi connectivity index (χ1v) is 6.93. The Morgan fingerprint density at radius 3 is 2.71 bits per heavy atom. The fraction of sp³-hybridized carbons (Fsp3) is 0.467. The van der Waals surface area contributed by atoms with E-state index in [9.17, 15) is 14.0 Å². The number of nitrogens with one attached hydrogen (secondary N) is 1. The summed E-state index contributed by atoms with van der Waals surface area (Å²) >= 11 is 0. The smallest absolute Gasteiger partial charge is 0.251 e. The van der Waals surface area contributed by atoms with Gasteiger partial charge < -0.3 is 15.3 Å². The largest absolute Gasteiger partial charge is 0.396 e. The number of aliphatic hydroxyl groups is 1. The zero-order chi connectivity index (χ0) is 15.7. The Bertz CT molecular complexity index is 480. The molecule has 0 bridgehead atoms. The summed E-state index contributed by atoms with van der Waals surface area (Å²) in [6.45, 7) is 0.613. The molecule has 0 saturated heterocycles. The van der Waals surface area contributed by atoms with E-state index >= 15 is 0 Å². The van der Waals surface area contributed by atoms with Crippen LogP contribution < -0.4 is 5.32 Å². The second kappa shape index (κ2) is 9.07. The maximum Gasteiger partial charge on any atom is 0.251 e. The predicted octanol–water partition coefficient (Wildman–Crippen LogP) is 1.18. The highest BCUT2D eigenvalue weighted by molar-refractivity contribution is 5.96. The molecule has 21 heavy (non-hydrogen) atoms. The van der Waals surface area contributed by atoms with Gasteiger partial charge in [0.05, 0.1) is 6.54 Å². The first-order chi connectivity index (χ1) is 10.0. The lowest BCUT2D eigenvalue weighted by Gasteiger charge is -2.17. The molecule has 1 rings (SSSR count). The van der Waals surface area contributed by atoms with Gasteiger partial charge in [-0.1, -0.05) is 6.07 Å².